The first kappa shape index (κ1) is 24.3. The first-order valence-electron chi connectivity index (χ1n) is 12.3. The molecule has 1 aliphatic heterocycles. The number of aliphatic carboxylic acids is 1. The van der Waals surface area contributed by atoms with E-state index in [9.17, 15) is 15.0 Å². The first-order valence-corrected chi connectivity index (χ1v) is 12.3. The number of carbonyl (C=O) groups is 1. The van der Waals surface area contributed by atoms with Crippen molar-refractivity contribution < 1.29 is 19.7 Å². The van der Waals surface area contributed by atoms with Crippen molar-refractivity contribution in [3.8, 4) is 6.01 Å². The second-order valence-corrected chi connectivity index (χ2v) is 10.1. The number of carboxylic acids is 1. The van der Waals surface area contributed by atoms with Crippen LogP contribution < -0.4 is 15.0 Å². The second kappa shape index (κ2) is 10.2. The molecule has 8 nitrogen and oxygen atoms in total. The molecule has 1 saturated heterocycles. The summed E-state index contributed by atoms with van der Waals surface area (Å²) in [6, 6.07) is 6.46. The topological polar surface area (TPSA) is 108 Å². The summed E-state index contributed by atoms with van der Waals surface area (Å²) in [7, 11) is 0. The van der Waals surface area contributed by atoms with Crippen LogP contribution in [0.4, 0.5) is 17.1 Å². The Kier molecular flexibility index (Phi) is 7.26. The summed E-state index contributed by atoms with van der Waals surface area (Å²) in [5, 5.41) is 23.6. The number of hydrogen-bond acceptors (Lipinski definition) is 7. The monoisotopic (exact) mass is 468 g/mol. The molecule has 0 amide bonds. The van der Waals surface area contributed by atoms with Crippen LogP contribution >= 0.6 is 0 Å². The zero-order valence-corrected chi connectivity index (χ0v) is 20.3. The van der Waals surface area contributed by atoms with Crippen LogP contribution in [-0.4, -0.2) is 50.9 Å². The van der Waals surface area contributed by atoms with E-state index in [1.165, 1.54) is 12.8 Å². The Labute approximate surface area is 201 Å². The molecular weight excluding hydrogens is 432 g/mol. The molecule has 8 heteroatoms. The van der Waals surface area contributed by atoms with Gasteiger partial charge in [-0.2, -0.15) is 0 Å². The number of benzene rings is 1. The Balaban J connectivity index is 1.62. The maximum atomic E-state index is 11.4. The highest BCUT2D eigenvalue weighted by Gasteiger charge is 2.37. The van der Waals surface area contributed by atoms with Gasteiger partial charge in [0.05, 0.1) is 54.1 Å². The maximum absolute atomic E-state index is 11.4. The smallest absolute Gasteiger partial charge is 0.316 e. The summed E-state index contributed by atoms with van der Waals surface area (Å²) < 4.78 is 5.65. The molecular formula is C26H36N4O4. The minimum absolute atomic E-state index is 0.00524. The number of aromatic nitrogens is 2. The van der Waals surface area contributed by atoms with Crippen molar-refractivity contribution in [2.24, 2.45) is 5.92 Å². The van der Waals surface area contributed by atoms with Crippen LogP contribution in [0, 0.1) is 5.92 Å². The number of nitrogens with one attached hydrogen (secondary N) is 1. The fourth-order valence-electron chi connectivity index (χ4n) is 4.74. The van der Waals surface area contributed by atoms with Crippen LogP contribution in [0.5, 0.6) is 6.01 Å². The van der Waals surface area contributed by atoms with Gasteiger partial charge in [0, 0.05) is 6.54 Å². The molecule has 2 heterocycles. The largest absolute Gasteiger partial charge is 0.481 e. The van der Waals surface area contributed by atoms with Gasteiger partial charge in [0.2, 0.25) is 0 Å². The highest BCUT2D eigenvalue weighted by atomic mass is 16.5. The second-order valence-electron chi connectivity index (χ2n) is 10.1. The van der Waals surface area contributed by atoms with E-state index in [1.54, 1.807) is 12.4 Å². The zero-order valence-electron chi connectivity index (χ0n) is 20.3. The molecule has 2 aromatic rings. The molecule has 2 aliphatic rings. The van der Waals surface area contributed by atoms with E-state index in [4.69, 9.17) is 4.74 Å². The van der Waals surface area contributed by atoms with Crippen LogP contribution in [0.3, 0.4) is 0 Å². The van der Waals surface area contributed by atoms with Gasteiger partial charge in [0.15, 0.2) is 0 Å². The molecule has 1 aromatic heterocycles. The number of anilines is 3. The van der Waals surface area contributed by atoms with Gasteiger partial charge in [-0.3, -0.25) is 4.79 Å². The molecule has 1 unspecified atom stereocenters. The Morgan fingerprint density at radius 2 is 2.00 bits per heavy atom. The maximum Gasteiger partial charge on any atom is 0.316 e. The predicted octanol–water partition coefficient (Wildman–Crippen LogP) is 4.72. The van der Waals surface area contributed by atoms with E-state index < -0.39 is 11.6 Å². The third-order valence-electron chi connectivity index (χ3n) is 6.84. The van der Waals surface area contributed by atoms with E-state index in [0.717, 1.165) is 48.4 Å². The minimum atomic E-state index is -0.842. The molecule has 4 rings (SSSR count). The third kappa shape index (κ3) is 5.97. The Morgan fingerprint density at radius 3 is 2.62 bits per heavy atom. The van der Waals surface area contributed by atoms with Gasteiger partial charge >= 0.3 is 12.0 Å². The highest BCUT2D eigenvalue weighted by Crippen LogP contribution is 2.39. The van der Waals surface area contributed by atoms with Gasteiger partial charge in [-0.15, -0.1) is 0 Å². The van der Waals surface area contributed by atoms with Crippen molar-refractivity contribution in [2.45, 2.75) is 76.9 Å². The van der Waals surface area contributed by atoms with Gasteiger partial charge < -0.3 is 25.2 Å². The molecule has 1 aliphatic carbocycles. The lowest BCUT2D eigenvalue weighted by atomic mass is 9.92. The molecule has 1 aromatic carbocycles. The van der Waals surface area contributed by atoms with E-state index >= 15 is 0 Å². The summed E-state index contributed by atoms with van der Waals surface area (Å²) >= 11 is 0. The van der Waals surface area contributed by atoms with Crippen LogP contribution in [0.25, 0.3) is 0 Å². The van der Waals surface area contributed by atoms with Crippen molar-refractivity contribution in [1.29, 1.82) is 0 Å². The lowest BCUT2D eigenvalue weighted by Gasteiger charge is -2.36. The number of ether oxygens (including phenoxy) is 1. The molecule has 0 radical (unpaired) electrons. The van der Waals surface area contributed by atoms with E-state index in [0.29, 0.717) is 18.5 Å². The Hall–Kier alpha value is -2.87. The van der Waals surface area contributed by atoms with Crippen LogP contribution in [-0.2, 0) is 4.79 Å². The molecule has 0 spiro atoms. The number of nitrogens with zero attached hydrogens (tertiary/aromatic N) is 3. The average Bonchev–Trinajstić information content (AvgIpc) is 3.49. The SMILES string of the molecule is CCC(CC(=O)O)c1ccc(N2CCC[C@@H]2C(C)(C)O)c(Nc2cnc(OCC3CC3)nc2)c1. The van der Waals surface area contributed by atoms with Gasteiger partial charge in [-0.05, 0) is 75.5 Å². The first-order chi connectivity index (χ1) is 16.2. The van der Waals surface area contributed by atoms with Gasteiger partial charge in [0.1, 0.15) is 0 Å². The molecule has 3 N–H and O–H groups in total. The number of carboxylic acid groups (broad SMARTS) is 1. The summed E-state index contributed by atoms with van der Waals surface area (Å²) in [5.74, 6) is -0.249. The Bertz CT molecular complexity index is 985. The summed E-state index contributed by atoms with van der Waals surface area (Å²) in [6.07, 6.45) is 8.57. The molecule has 1 saturated carbocycles. The quantitative estimate of drug-likeness (QED) is 0.435. The molecule has 2 fully saturated rings. The molecule has 34 heavy (non-hydrogen) atoms. The zero-order chi connectivity index (χ0) is 24.3. The third-order valence-corrected chi connectivity index (χ3v) is 6.84. The highest BCUT2D eigenvalue weighted by molar-refractivity contribution is 5.77. The normalized spacial score (nSPS) is 19.2. The van der Waals surface area contributed by atoms with Crippen LogP contribution in [0.15, 0.2) is 30.6 Å². The van der Waals surface area contributed by atoms with Crippen molar-refractivity contribution in [3.05, 3.63) is 36.2 Å². The van der Waals surface area contributed by atoms with Gasteiger partial charge in [0.25, 0.3) is 0 Å². The number of rotatable bonds is 11. The average molecular weight is 469 g/mol. The fraction of sp³-hybridized carbons (Fsp3) is 0.577. The predicted molar refractivity (Wildman–Crippen MR) is 132 cm³/mol. The molecule has 184 valence electrons. The van der Waals surface area contributed by atoms with Crippen molar-refractivity contribution >= 4 is 23.0 Å². The molecule has 2 atom stereocenters. The molecule has 0 bridgehead atoms. The summed E-state index contributed by atoms with van der Waals surface area (Å²) in [6.45, 7) is 7.22. The van der Waals surface area contributed by atoms with E-state index in [1.807, 2.05) is 39.0 Å². The van der Waals surface area contributed by atoms with Gasteiger partial charge in [-0.1, -0.05) is 13.0 Å². The number of hydrogen-bond donors (Lipinski definition) is 3. The summed E-state index contributed by atoms with van der Waals surface area (Å²) in [5.41, 5.74) is 2.69. The van der Waals surface area contributed by atoms with Crippen LogP contribution in [0.1, 0.15) is 70.8 Å². The van der Waals surface area contributed by atoms with E-state index in [2.05, 4.69) is 20.2 Å². The van der Waals surface area contributed by atoms with Crippen LogP contribution in [0.2, 0.25) is 0 Å². The lowest BCUT2D eigenvalue weighted by molar-refractivity contribution is -0.137. The van der Waals surface area contributed by atoms with Crippen molar-refractivity contribution in [1.82, 2.24) is 9.97 Å². The van der Waals surface area contributed by atoms with Crippen molar-refractivity contribution in [2.75, 3.05) is 23.4 Å². The van der Waals surface area contributed by atoms with Crippen molar-refractivity contribution in [3.63, 3.8) is 0 Å². The standard InChI is InChI=1S/C26H36N4O4/c1-4-18(13-24(31)32)19-9-10-22(30-11-5-6-23(30)26(2,3)33)21(12-19)29-20-14-27-25(28-15-20)34-16-17-7-8-17/h9-10,12,14-15,17-18,23,29,33H,4-8,11,13,16H2,1-3H3,(H,31,32)/t18?,23-/m1/s1. The minimum Gasteiger partial charge on any atom is -0.481 e. The van der Waals surface area contributed by atoms with E-state index in [-0.39, 0.29) is 18.4 Å². The number of aliphatic hydroxyl groups is 1. The van der Waals surface area contributed by atoms with Gasteiger partial charge in [-0.25, -0.2) is 9.97 Å². The summed E-state index contributed by atoms with van der Waals surface area (Å²) in [4.78, 5) is 22.3. The Morgan fingerprint density at radius 1 is 1.26 bits per heavy atom. The fourth-order valence-corrected chi connectivity index (χ4v) is 4.74. The lowest BCUT2D eigenvalue weighted by Crippen LogP contribution is -2.46.